The Labute approximate surface area is 154 Å². The van der Waals surface area contributed by atoms with Crippen LogP contribution in [0.25, 0.3) is 0 Å². The molecule has 3 rings (SSSR count). The van der Waals surface area contributed by atoms with Crippen LogP contribution in [0.5, 0.6) is 0 Å². The molecule has 0 radical (unpaired) electrons. The molecule has 5 nitrogen and oxygen atoms in total. The van der Waals surface area contributed by atoms with Crippen molar-refractivity contribution in [3.63, 3.8) is 0 Å². The molecule has 1 aliphatic rings. The number of hydrogen-bond acceptors (Lipinski definition) is 4. The van der Waals surface area contributed by atoms with Crippen LogP contribution in [-0.4, -0.2) is 36.4 Å². The van der Waals surface area contributed by atoms with Crippen LogP contribution in [-0.2, 0) is 4.74 Å². The van der Waals surface area contributed by atoms with Gasteiger partial charge in [-0.15, -0.1) is 0 Å². The van der Waals surface area contributed by atoms with Crippen LogP contribution in [0.2, 0.25) is 0 Å². The van der Waals surface area contributed by atoms with Crippen LogP contribution in [0, 0.1) is 6.92 Å². The van der Waals surface area contributed by atoms with Crippen LogP contribution in [0.15, 0.2) is 42.5 Å². The van der Waals surface area contributed by atoms with Gasteiger partial charge < -0.3 is 20.3 Å². The van der Waals surface area contributed by atoms with E-state index in [9.17, 15) is 0 Å². The molecule has 0 aliphatic carbocycles. The lowest BCUT2D eigenvalue weighted by Crippen LogP contribution is -2.36. The first-order chi connectivity index (χ1) is 12.1. The third kappa shape index (κ3) is 4.90. The zero-order valence-electron chi connectivity index (χ0n) is 14.7. The number of aromatic nitrogens is 1. The smallest absolute Gasteiger partial charge is 0.172 e. The van der Waals surface area contributed by atoms with Crippen LogP contribution in [0.1, 0.15) is 24.2 Å². The van der Waals surface area contributed by atoms with Crippen molar-refractivity contribution in [3.05, 3.63) is 53.7 Å². The molecule has 0 saturated carbocycles. The Morgan fingerprint density at radius 2 is 1.88 bits per heavy atom. The van der Waals surface area contributed by atoms with Gasteiger partial charge in [-0.1, -0.05) is 18.2 Å². The van der Waals surface area contributed by atoms with E-state index in [0.717, 1.165) is 37.8 Å². The zero-order chi connectivity index (χ0) is 17.6. The van der Waals surface area contributed by atoms with E-state index < -0.39 is 0 Å². The molecule has 2 N–H and O–H groups in total. The molecular weight excluding hydrogens is 332 g/mol. The molecule has 1 aromatic heterocycles. The van der Waals surface area contributed by atoms with E-state index in [1.165, 1.54) is 11.3 Å². The first-order valence-corrected chi connectivity index (χ1v) is 8.96. The summed E-state index contributed by atoms with van der Waals surface area (Å²) in [7, 11) is 0. The number of ether oxygens (including phenoxy) is 1. The average Bonchev–Trinajstić information content (AvgIpc) is 2.62. The third-order valence-electron chi connectivity index (χ3n) is 4.25. The highest BCUT2D eigenvalue weighted by molar-refractivity contribution is 7.80. The summed E-state index contributed by atoms with van der Waals surface area (Å²) in [6, 6.07) is 14.6. The van der Waals surface area contributed by atoms with Crippen molar-refractivity contribution in [2.75, 3.05) is 36.5 Å². The van der Waals surface area contributed by atoms with Crippen LogP contribution >= 0.6 is 12.2 Å². The van der Waals surface area contributed by atoms with Gasteiger partial charge in [0.1, 0.15) is 5.82 Å². The maximum Gasteiger partial charge on any atom is 0.172 e. The van der Waals surface area contributed by atoms with Crippen molar-refractivity contribution >= 4 is 28.8 Å². The third-order valence-corrected chi connectivity index (χ3v) is 4.47. The topological polar surface area (TPSA) is 49.4 Å². The minimum Gasteiger partial charge on any atom is -0.378 e. The molecule has 0 bridgehead atoms. The van der Waals surface area contributed by atoms with E-state index in [2.05, 4.69) is 51.7 Å². The fraction of sp³-hybridized carbons (Fsp3) is 0.368. The summed E-state index contributed by atoms with van der Waals surface area (Å²) >= 11 is 5.40. The number of nitrogens with zero attached hydrogens (tertiary/aromatic N) is 2. The van der Waals surface area contributed by atoms with E-state index in [1.807, 2.05) is 25.1 Å². The number of pyridine rings is 1. The number of nitrogens with one attached hydrogen (secondary N) is 2. The summed E-state index contributed by atoms with van der Waals surface area (Å²) in [6.45, 7) is 7.55. The number of hydrogen-bond donors (Lipinski definition) is 2. The first-order valence-electron chi connectivity index (χ1n) is 8.55. The van der Waals surface area contributed by atoms with Crippen molar-refractivity contribution < 1.29 is 4.74 Å². The van der Waals surface area contributed by atoms with Gasteiger partial charge in [0.2, 0.25) is 0 Å². The molecule has 0 amide bonds. The normalized spacial score (nSPS) is 15.5. The zero-order valence-corrected chi connectivity index (χ0v) is 15.5. The number of rotatable bonds is 4. The van der Waals surface area contributed by atoms with Gasteiger partial charge >= 0.3 is 0 Å². The summed E-state index contributed by atoms with van der Waals surface area (Å²) in [6.07, 6.45) is 0. The van der Waals surface area contributed by atoms with Crippen LogP contribution in [0.4, 0.5) is 11.5 Å². The minimum atomic E-state index is 0.114. The Morgan fingerprint density at radius 3 is 2.56 bits per heavy atom. The number of thiocarbonyl (C=S) groups is 1. The van der Waals surface area contributed by atoms with E-state index >= 15 is 0 Å². The van der Waals surface area contributed by atoms with E-state index in [4.69, 9.17) is 17.0 Å². The molecule has 25 heavy (non-hydrogen) atoms. The highest BCUT2D eigenvalue weighted by Crippen LogP contribution is 2.20. The van der Waals surface area contributed by atoms with Crippen molar-refractivity contribution in [2.45, 2.75) is 19.9 Å². The summed E-state index contributed by atoms with van der Waals surface area (Å²) in [4.78, 5) is 6.75. The van der Waals surface area contributed by atoms with E-state index in [1.54, 1.807) is 0 Å². The molecule has 0 spiro atoms. The van der Waals surface area contributed by atoms with Crippen molar-refractivity contribution in [2.24, 2.45) is 0 Å². The molecule has 6 heteroatoms. The second kappa shape index (κ2) is 8.27. The molecule has 2 heterocycles. The number of benzene rings is 1. The fourth-order valence-corrected chi connectivity index (χ4v) is 3.12. The number of aryl methyl sites for hydroxylation is 1. The minimum absolute atomic E-state index is 0.114. The number of morpholine rings is 1. The van der Waals surface area contributed by atoms with Gasteiger partial charge in [-0.3, -0.25) is 0 Å². The van der Waals surface area contributed by atoms with E-state index in [-0.39, 0.29) is 6.04 Å². The Hall–Kier alpha value is -2.18. The van der Waals surface area contributed by atoms with Crippen LogP contribution in [0.3, 0.4) is 0 Å². The molecule has 1 saturated heterocycles. The SMILES string of the molecule is Cc1cccc(NC(=S)N[C@@H](C)c2ccc(N3CCOCC3)cc2)n1. The quantitative estimate of drug-likeness (QED) is 0.820. The van der Waals surface area contributed by atoms with E-state index in [0.29, 0.717) is 5.11 Å². The maximum atomic E-state index is 5.41. The van der Waals surface area contributed by atoms with Gasteiger partial charge in [0.25, 0.3) is 0 Å². The van der Waals surface area contributed by atoms with Gasteiger partial charge in [-0.05, 0) is 55.9 Å². The van der Waals surface area contributed by atoms with Crippen LogP contribution < -0.4 is 15.5 Å². The molecule has 2 aromatic rings. The average molecular weight is 356 g/mol. The Kier molecular flexibility index (Phi) is 5.83. The molecule has 132 valence electrons. The molecule has 1 atom stereocenters. The van der Waals surface area contributed by atoms with Gasteiger partial charge in [0.15, 0.2) is 5.11 Å². The lowest BCUT2D eigenvalue weighted by molar-refractivity contribution is 0.122. The summed E-state index contributed by atoms with van der Waals surface area (Å²) in [5, 5.41) is 7.02. The highest BCUT2D eigenvalue weighted by atomic mass is 32.1. The predicted molar refractivity (Wildman–Crippen MR) is 106 cm³/mol. The summed E-state index contributed by atoms with van der Waals surface area (Å²) in [5.74, 6) is 0.757. The Morgan fingerprint density at radius 1 is 1.16 bits per heavy atom. The van der Waals surface area contributed by atoms with Gasteiger partial charge in [-0.25, -0.2) is 4.98 Å². The second-order valence-corrected chi connectivity index (χ2v) is 6.58. The first kappa shape index (κ1) is 17.6. The van der Waals surface area contributed by atoms with Crippen molar-refractivity contribution in [1.29, 1.82) is 0 Å². The lowest BCUT2D eigenvalue weighted by atomic mass is 10.1. The van der Waals surface area contributed by atoms with Gasteiger partial charge in [-0.2, -0.15) is 0 Å². The molecule has 1 aliphatic heterocycles. The largest absolute Gasteiger partial charge is 0.378 e. The lowest BCUT2D eigenvalue weighted by Gasteiger charge is -2.29. The van der Waals surface area contributed by atoms with Gasteiger partial charge in [0.05, 0.1) is 19.3 Å². The summed E-state index contributed by atoms with van der Waals surface area (Å²) in [5.41, 5.74) is 3.39. The molecular formula is C19H24N4OS. The second-order valence-electron chi connectivity index (χ2n) is 6.18. The Balaban J connectivity index is 1.57. The van der Waals surface area contributed by atoms with Crippen molar-refractivity contribution in [1.82, 2.24) is 10.3 Å². The summed E-state index contributed by atoms with van der Waals surface area (Å²) < 4.78 is 5.41. The number of anilines is 2. The fourth-order valence-electron chi connectivity index (χ4n) is 2.84. The molecule has 0 unspecified atom stereocenters. The monoisotopic (exact) mass is 356 g/mol. The maximum absolute atomic E-state index is 5.41. The highest BCUT2D eigenvalue weighted by Gasteiger charge is 2.12. The Bertz CT molecular complexity index is 714. The molecule has 1 aromatic carbocycles. The molecule has 1 fully saturated rings. The standard InChI is InChI=1S/C19H24N4OS/c1-14-4-3-5-18(20-14)22-19(25)21-15(2)16-6-8-17(9-7-16)23-10-12-24-13-11-23/h3-9,15H,10-13H2,1-2H3,(H2,20,21,22,25)/t15-/m0/s1. The van der Waals surface area contributed by atoms with Gasteiger partial charge in [0, 0.05) is 24.5 Å². The van der Waals surface area contributed by atoms with Crippen molar-refractivity contribution in [3.8, 4) is 0 Å². The predicted octanol–water partition coefficient (Wildman–Crippen LogP) is 3.27.